The molecule has 4 rings (SSSR count). The van der Waals surface area contributed by atoms with Crippen LogP contribution in [0.3, 0.4) is 0 Å². The summed E-state index contributed by atoms with van der Waals surface area (Å²) >= 11 is 0. The van der Waals surface area contributed by atoms with E-state index in [0.717, 1.165) is 24.6 Å². The summed E-state index contributed by atoms with van der Waals surface area (Å²) in [7, 11) is 0. The maximum absolute atomic E-state index is 13.0. The molecule has 33 heavy (non-hydrogen) atoms. The van der Waals surface area contributed by atoms with Gasteiger partial charge in [-0.05, 0) is 49.1 Å². The van der Waals surface area contributed by atoms with Crippen LogP contribution in [0.15, 0.2) is 24.3 Å². The van der Waals surface area contributed by atoms with Gasteiger partial charge in [-0.3, -0.25) is 14.4 Å². The van der Waals surface area contributed by atoms with Gasteiger partial charge in [-0.25, -0.2) is 4.85 Å². The van der Waals surface area contributed by atoms with Crippen LogP contribution in [0.25, 0.3) is 15.7 Å². The molecule has 3 atom stereocenters. The first kappa shape index (κ1) is 22.3. The van der Waals surface area contributed by atoms with Crippen molar-refractivity contribution in [1.29, 1.82) is 5.26 Å². The number of carbonyl (C=O) groups is 3. The number of nitrogens with zero attached hydrogens (tertiary/aromatic N) is 2. The van der Waals surface area contributed by atoms with Crippen molar-refractivity contribution in [2.24, 2.45) is 11.8 Å². The zero-order chi connectivity index (χ0) is 23.4. The third-order valence-corrected chi connectivity index (χ3v) is 6.26. The van der Waals surface area contributed by atoms with Crippen LogP contribution in [0.5, 0.6) is 0 Å². The second-order valence-corrected chi connectivity index (χ2v) is 8.83. The van der Waals surface area contributed by atoms with E-state index in [-0.39, 0.29) is 18.2 Å². The fourth-order valence-corrected chi connectivity index (χ4v) is 4.22. The van der Waals surface area contributed by atoms with Crippen molar-refractivity contribution in [2.45, 2.75) is 50.6 Å². The summed E-state index contributed by atoms with van der Waals surface area (Å²) in [6.07, 6.45) is 4.32. The molecule has 0 radical (unpaired) electrons. The van der Waals surface area contributed by atoms with E-state index in [0.29, 0.717) is 42.2 Å². The first-order valence-corrected chi connectivity index (χ1v) is 11.3. The van der Waals surface area contributed by atoms with Crippen LogP contribution in [-0.4, -0.2) is 41.3 Å². The van der Waals surface area contributed by atoms with Gasteiger partial charge in [-0.2, -0.15) is 5.26 Å². The van der Waals surface area contributed by atoms with Gasteiger partial charge in [0.05, 0.1) is 12.6 Å². The molecule has 0 spiro atoms. The average Bonchev–Trinajstić information content (AvgIpc) is 3.53. The predicted octanol–water partition coefficient (Wildman–Crippen LogP) is 2.54. The van der Waals surface area contributed by atoms with Crippen molar-refractivity contribution < 1.29 is 14.4 Å². The topological polar surface area (TPSA) is 131 Å². The zero-order valence-corrected chi connectivity index (χ0v) is 18.2. The molecule has 9 heteroatoms. The van der Waals surface area contributed by atoms with Crippen LogP contribution < -0.4 is 16.0 Å². The number of rotatable bonds is 8. The highest BCUT2D eigenvalue weighted by atomic mass is 16.2. The van der Waals surface area contributed by atoms with Crippen LogP contribution in [0.2, 0.25) is 0 Å². The number of carbonyl (C=O) groups excluding carboxylic acids is 3. The van der Waals surface area contributed by atoms with Crippen molar-refractivity contribution in [3.63, 3.8) is 0 Å². The Balaban J connectivity index is 1.43. The largest absolute Gasteiger partial charge is 0.356 e. The fraction of sp³-hybridized carbons (Fsp3) is 0.458. The highest BCUT2D eigenvalue weighted by molar-refractivity contribution is 6.00. The number of aromatic amines is 1. The number of hydrogen-bond acceptors (Lipinski definition) is 4. The smallest absolute Gasteiger partial charge is 0.268 e. The minimum absolute atomic E-state index is 0.0845. The summed E-state index contributed by atoms with van der Waals surface area (Å²) in [5.74, 6) is -0.846. The number of hydrogen-bond donors (Lipinski definition) is 4. The molecule has 2 fully saturated rings. The molecule has 1 aromatic carbocycles. The molecule has 3 amide bonds. The third kappa shape index (κ3) is 5.50. The van der Waals surface area contributed by atoms with Gasteiger partial charge in [-0.1, -0.05) is 25.0 Å². The zero-order valence-electron chi connectivity index (χ0n) is 18.2. The summed E-state index contributed by atoms with van der Waals surface area (Å²) < 4.78 is 0. The van der Waals surface area contributed by atoms with E-state index in [1.165, 1.54) is 0 Å². The molecule has 1 aliphatic heterocycles. The minimum Gasteiger partial charge on any atom is -0.356 e. The van der Waals surface area contributed by atoms with E-state index < -0.39 is 23.9 Å². The molecule has 9 nitrogen and oxygen atoms in total. The Morgan fingerprint density at radius 2 is 2.03 bits per heavy atom. The lowest BCUT2D eigenvalue weighted by molar-refractivity contribution is -0.128. The van der Waals surface area contributed by atoms with Gasteiger partial charge < -0.3 is 20.9 Å². The molecule has 4 N–H and O–H groups in total. The highest BCUT2D eigenvalue weighted by Gasteiger charge is 2.33. The molecule has 0 bridgehead atoms. The quantitative estimate of drug-likeness (QED) is 0.464. The monoisotopic (exact) mass is 446 g/mol. The number of H-pyrrole nitrogens is 1. The van der Waals surface area contributed by atoms with Crippen LogP contribution in [0.4, 0.5) is 5.69 Å². The molecular weight excluding hydrogens is 420 g/mol. The van der Waals surface area contributed by atoms with E-state index >= 15 is 0 Å². The van der Waals surface area contributed by atoms with Crippen molar-refractivity contribution in [1.82, 2.24) is 20.9 Å². The fourth-order valence-electron chi connectivity index (χ4n) is 4.22. The molecule has 3 unspecified atom stereocenters. The van der Waals surface area contributed by atoms with E-state index in [9.17, 15) is 19.6 Å². The Bertz CT molecular complexity index is 1150. The Morgan fingerprint density at radius 3 is 2.73 bits per heavy atom. The molecule has 2 heterocycles. The number of aromatic nitrogens is 1. The standard InChI is InChI=1S/C24H26N6O3/c1-26-17-7-6-15-11-21(29-19(15)12-17)24(33)30-20(9-14-4-5-14)23(32)28-18(13-25)10-16-3-2-8-27-22(16)31/h6-7,11-12,14,16,18,20,29H,2-5,8-10H2,(H,27,31)(H,28,32)(H,30,33). The first-order chi connectivity index (χ1) is 16.0. The van der Waals surface area contributed by atoms with Crippen LogP contribution in [0, 0.1) is 29.7 Å². The number of nitrogens with one attached hydrogen (secondary N) is 4. The van der Waals surface area contributed by atoms with Crippen molar-refractivity contribution >= 4 is 34.3 Å². The molecule has 170 valence electrons. The number of fused-ring (bicyclic) bond motifs is 1. The van der Waals surface area contributed by atoms with Gasteiger partial charge in [0.25, 0.3) is 5.91 Å². The lowest BCUT2D eigenvalue weighted by atomic mass is 9.92. The maximum Gasteiger partial charge on any atom is 0.268 e. The van der Waals surface area contributed by atoms with Gasteiger partial charge in [-0.15, -0.1) is 0 Å². The van der Waals surface area contributed by atoms with Crippen molar-refractivity contribution in [3.05, 3.63) is 41.4 Å². The lowest BCUT2D eigenvalue weighted by Crippen LogP contribution is -2.50. The molecule has 2 aromatic rings. The SMILES string of the molecule is [C-]#[N+]c1ccc2cc(C(=O)NC(CC3CC3)C(=O)NC(C#N)CC3CCCNC3=O)[nH]c2c1. The van der Waals surface area contributed by atoms with E-state index in [2.05, 4.69) is 31.8 Å². The van der Waals surface area contributed by atoms with Crippen LogP contribution in [0.1, 0.15) is 49.0 Å². The number of benzene rings is 1. The predicted molar refractivity (Wildman–Crippen MR) is 121 cm³/mol. The molecule has 1 saturated heterocycles. The summed E-state index contributed by atoms with van der Waals surface area (Å²) in [6, 6.07) is 7.32. The summed E-state index contributed by atoms with van der Waals surface area (Å²) in [5, 5.41) is 18.7. The summed E-state index contributed by atoms with van der Waals surface area (Å²) in [4.78, 5) is 44.3. The summed E-state index contributed by atoms with van der Waals surface area (Å²) in [5.41, 5.74) is 1.44. The number of piperidine rings is 1. The summed E-state index contributed by atoms with van der Waals surface area (Å²) in [6.45, 7) is 7.77. The third-order valence-electron chi connectivity index (χ3n) is 6.26. The van der Waals surface area contributed by atoms with Gasteiger partial charge in [0.15, 0.2) is 5.69 Å². The van der Waals surface area contributed by atoms with Gasteiger partial charge in [0, 0.05) is 18.0 Å². The molecular formula is C24H26N6O3. The van der Waals surface area contributed by atoms with Crippen LogP contribution in [-0.2, 0) is 9.59 Å². The normalized spacial score (nSPS) is 19.6. The van der Waals surface area contributed by atoms with E-state index in [4.69, 9.17) is 6.57 Å². The molecule has 1 saturated carbocycles. The molecule has 1 aliphatic carbocycles. The highest BCUT2D eigenvalue weighted by Crippen LogP contribution is 2.33. The van der Waals surface area contributed by atoms with E-state index in [1.54, 1.807) is 24.3 Å². The Morgan fingerprint density at radius 1 is 1.21 bits per heavy atom. The lowest BCUT2D eigenvalue weighted by Gasteiger charge is -2.25. The van der Waals surface area contributed by atoms with Crippen molar-refractivity contribution in [3.8, 4) is 6.07 Å². The Kier molecular flexibility index (Phi) is 6.60. The first-order valence-electron chi connectivity index (χ1n) is 11.3. The van der Waals surface area contributed by atoms with Crippen molar-refractivity contribution in [2.75, 3.05) is 6.54 Å². The Hall–Kier alpha value is -3.85. The second kappa shape index (κ2) is 9.74. The number of nitriles is 1. The molecule has 1 aromatic heterocycles. The van der Waals surface area contributed by atoms with E-state index in [1.807, 2.05) is 0 Å². The Labute approximate surface area is 191 Å². The average molecular weight is 447 g/mol. The second-order valence-electron chi connectivity index (χ2n) is 8.83. The van der Waals surface area contributed by atoms with Crippen LogP contribution >= 0.6 is 0 Å². The van der Waals surface area contributed by atoms with Gasteiger partial charge in [0.1, 0.15) is 17.8 Å². The minimum atomic E-state index is -0.801. The van der Waals surface area contributed by atoms with Gasteiger partial charge in [0.2, 0.25) is 11.8 Å². The molecule has 2 aliphatic rings. The van der Waals surface area contributed by atoms with Gasteiger partial charge >= 0.3 is 0 Å². The number of amides is 3. The maximum atomic E-state index is 13.0.